The number of aliphatic hydroxyl groups is 1. The first-order valence-electron chi connectivity index (χ1n) is 5.89. The van der Waals surface area contributed by atoms with Gasteiger partial charge in [0.15, 0.2) is 5.60 Å². The van der Waals surface area contributed by atoms with Crippen molar-refractivity contribution in [2.45, 2.75) is 37.7 Å². The van der Waals surface area contributed by atoms with E-state index in [1.54, 1.807) is 11.8 Å². The molecule has 2 rings (SSSR count). The van der Waals surface area contributed by atoms with Crippen LogP contribution in [0.3, 0.4) is 0 Å². The van der Waals surface area contributed by atoms with Crippen molar-refractivity contribution < 1.29 is 18.3 Å². The van der Waals surface area contributed by atoms with Gasteiger partial charge in [-0.2, -0.15) is 13.2 Å². The molecule has 2 atom stereocenters. The Bertz CT molecular complexity index is 406. The van der Waals surface area contributed by atoms with Crippen LogP contribution < -0.4 is 0 Å². The number of halogens is 3. The SMILES string of the molecule is CC1CC(O)(C(F)(F)F)CN1Cc1ccccc1. The molecule has 1 saturated heterocycles. The monoisotopic (exact) mass is 259 g/mol. The Morgan fingerprint density at radius 1 is 1.33 bits per heavy atom. The Morgan fingerprint density at radius 3 is 2.44 bits per heavy atom. The van der Waals surface area contributed by atoms with Crippen LogP contribution in [-0.4, -0.2) is 34.4 Å². The van der Waals surface area contributed by atoms with Crippen LogP contribution >= 0.6 is 0 Å². The van der Waals surface area contributed by atoms with Crippen LogP contribution in [-0.2, 0) is 6.54 Å². The summed E-state index contributed by atoms with van der Waals surface area (Å²) in [5.74, 6) is 0. The molecule has 0 aromatic heterocycles. The zero-order chi connectivity index (χ0) is 13.4. The van der Waals surface area contributed by atoms with Crippen molar-refractivity contribution in [3.05, 3.63) is 35.9 Å². The van der Waals surface area contributed by atoms with Gasteiger partial charge >= 0.3 is 6.18 Å². The number of rotatable bonds is 2. The summed E-state index contributed by atoms with van der Waals surface area (Å²) in [7, 11) is 0. The van der Waals surface area contributed by atoms with E-state index >= 15 is 0 Å². The van der Waals surface area contributed by atoms with Crippen LogP contribution in [0.2, 0.25) is 0 Å². The molecule has 1 N–H and O–H groups in total. The Balaban J connectivity index is 2.09. The van der Waals surface area contributed by atoms with Gasteiger partial charge in [-0.1, -0.05) is 30.3 Å². The topological polar surface area (TPSA) is 23.5 Å². The predicted molar refractivity (Wildman–Crippen MR) is 61.9 cm³/mol. The standard InChI is InChI=1S/C13H16F3NO/c1-10-7-12(18,13(14,15)16)9-17(10)8-11-5-3-2-4-6-11/h2-6,10,18H,7-9H2,1H3. The minimum atomic E-state index is -4.56. The van der Waals surface area contributed by atoms with E-state index in [0.29, 0.717) is 6.54 Å². The second kappa shape index (κ2) is 4.55. The van der Waals surface area contributed by atoms with Gasteiger partial charge < -0.3 is 5.11 Å². The number of alkyl halides is 3. The Hall–Kier alpha value is -1.07. The van der Waals surface area contributed by atoms with E-state index in [2.05, 4.69) is 0 Å². The largest absolute Gasteiger partial charge is 0.418 e. The van der Waals surface area contributed by atoms with Gasteiger partial charge in [0, 0.05) is 25.6 Å². The lowest BCUT2D eigenvalue weighted by molar-refractivity contribution is -0.254. The number of hydrogen-bond donors (Lipinski definition) is 1. The van der Waals surface area contributed by atoms with Gasteiger partial charge in [-0.15, -0.1) is 0 Å². The molecule has 1 aliphatic rings. The molecule has 0 spiro atoms. The highest BCUT2D eigenvalue weighted by Gasteiger charge is 2.58. The lowest BCUT2D eigenvalue weighted by atomic mass is 10.0. The number of β-amino-alcohol motifs (C(OH)–C–C–N with tert-alkyl or cyclic N) is 1. The van der Waals surface area contributed by atoms with E-state index in [9.17, 15) is 18.3 Å². The Morgan fingerprint density at radius 2 is 1.94 bits per heavy atom. The van der Waals surface area contributed by atoms with Gasteiger partial charge in [0.25, 0.3) is 0 Å². The fraction of sp³-hybridized carbons (Fsp3) is 0.538. The van der Waals surface area contributed by atoms with E-state index in [0.717, 1.165) is 5.56 Å². The van der Waals surface area contributed by atoms with Gasteiger partial charge in [0.1, 0.15) is 0 Å². The van der Waals surface area contributed by atoms with Gasteiger partial charge in [-0.3, -0.25) is 4.90 Å². The maximum absolute atomic E-state index is 12.8. The number of benzene rings is 1. The lowest BCUT2D eigenvalue weighted by Gasteiger charge is -2.26. The first kappa shape index (κ1) is 13.4. The predicted octanol–water partition coefficient (Wildman–Crippen LogP) is 2.57. The second-order valence-electron chi connectivity index (χ2n) is 4.97. The van der Waals surface area contributed by atoms with Crippen molar-refractivity contribution in [1.82, 2.24) is 4.90 Å². The van der Waals surface area contributed by atoms with Crippen LogP contribution in [0.5, 0.6) is 0 Å². The third-order valence-corrected chi connectivity index (χ3v) is 3.48. The van der Waals surface area contributed by atoms with Gasteiger partial charge in [0.05, 0.1) is 0 Å². The normalized spacial score (nSPS) is 29.7. The van der Waals surface area contributed by atoms with Gasteiger partial charge in [-0.25, -0.2) is 0 Å². The summed E-state index contributed by atoms with van der Waals surface area (Å²) in [6.45, 7) is 1.79. The van der Waals surface area contributed by atoms with Gasteiger partial charge in [0.2, 0.25) is 0 Å². The quantitative estimate of drug-likeness (QED) is 0.882. The average Bonchev–Trinajstić information content (AvgIpc) is 2.56. The van der Waals surface area contributed by atoms with Crippen molar-refractivity contribution in [3.8, 4) is 0 Å². The van der Waals surface area contributed by atoms with Gasteiger partial charge in [-0.05, 0) is 12.5 Å². The molecule has 0 saturated carbocycles. The zero-order valence-electron chi connectivity index (χ0n) is 10.1. The molecule has 18 heavy (non-hydrogen) atoms. The fourth-order valence-corrected chi connectivity index (χ4v) is 2.41. The van der Waals surface area contributed by atoms with Crippen LogP contribution in [0, 0.1) is 0 Å². The maximum atomic E-state index is 12.8. The van der Waals surface area contributed by atoms with Crippen LogP contribution in [0.1, 0.15) is 18.9 Å². The van der Waals surface area contributed by atoms with E-state index in [-0.39, 0.29) is 19.0 Å². The number of nitrogens with zero attached hydrogens (tertiary/aromatic N) is 1. The zero-order valence-corrected chi connectivity index (χ0v) is 10.1. The summed E-state index contributed by atoms with van der Waals surface area (Å²) in [5.41, 5.74) is -1.61. The molecule has 5 heteroatoms. The minimum absolute atomic E-state index is 0.261. The summed E-state index contributed by atoms with van der Waals surface area (Å²) < 4.78 is 38.3. The van der Waals surface area contributed by atoms with Crippen LogP contribution in [0.4, 0.5) is 13.2 Å². The summed E-state index contributed by atoms with van der Waals surface area (Å²) in [6.07, 6.45) is -4.82. The first-order chi connectivity index (χ1) is 8.32. The van der Waals surface area contributed by atoms with Crippen molar-refractivity contribution in [2.75, 3.05) is 6.54 Å². The lowest BCUT2D eigenvalue weighted by Crippen LogP contribution is -2.47. The smallest absolute Gasteiger partial charge is 0.379 e. The molecular formula is C13H16F3NO. The molecule has 2 nitrogen and oxygen atoms in total. The highest BCUT2D eigenvalue weighted by Crippen LogP contribution is 2.40. The molecule has 0 amide bonds. The Labute approximate surface area is 104 Å². The summed E-state index contributed by atoms with van der Waals surface area (Å²) in [5, 5.41) is 9.68. The van der Waals surface area contributed by atoms with Crippen molar-refractivity contribution in [1.29, 1.82) is 0 Å². The summed E-state index contributed by atoms with van der Waals surface area (Å²) in [6, 6.07) is 9.04. The third kappa shape index (κ3) is 2.52. The minimum Gasteiger partial charge on any atom is -0.379 e. The summed E-state index contributed by atoms with van der Waals surface area (Å²) in [4.78, 5) is 1.67. The molecule has 2 unspecified atom stereocenters. The Kier molecular flexibility index (Phi) is 3.38. The van der Waals surface area contributed by atoms with Crippen molar-refractivity contribution in [3.63, 3.8) is 0 Å². The molecule has 0 aliphatic carbocycles. The molecule has 1 aliphatic heterocycles. The second-order valence-corrected chi connectivity index (χ2v) is 4.97. The van der Waals surface area contributed by atoms with Crippen molar-refractivity contribution in [2.24, 2.45) is 0 Å². The molecule has 1 heterocycles. The summed E-state index contributed by atoms with van der Waals surface area (Å²) >= 11 is 0. The third-order valence-electron chi connectivity index (χ3n) is 3.48. The molecule has 100 valence electrons. The van der Waals surface area contributed by atoms with Crippen LogP contribution in [0.15, 0.2) is 30.3 Å². The highest BCUT2D eigenvalue weighted by atomic mass is 19.4. The van der Waals surface area contributed by atoms with E-state index in [1.807, 2.05) is 30.3 Å². The maximum Gasteiger partial charge on any atom is 0.418 e. The van der Waals surface area contributed by atoms with E-state index in [1.165, 1.54) is 0 Å². The van der Waals surface area contributed by atoms with Crippen LogP contribution in [0.25, 0.3) is 0 Å². The molecular weight excluding hydrogens is 243 g/mol. The molecule has 1 aromatic carbocycles. The fourth-order valence-electron chi connectivity index (χ4n) is 2.41. The van der Waals surface area contributed by atoms with E-state index in [4.69, 9.17) is 0 Å². The highest BCUT2D eigenvalue weighted by molar-refractivity contribution is 5.15. The average molecular weight is 259 g/mol. The van der Waals surface area contributed by atoms with E-state index < -0.39 is 11.8 Å². The molecule has 1 aromatic rings. The number of likely N-dealkylation sites (tertiary alicyclic amines) is 1. The molecule has 0 bridgehead atoms. The first-order valence-corrected chi connectivity index (χ1v) is 5.89. The van der Waals surface area contributed by atoms with Crippen molar-refractivity contribution >= 4 is 0 Å². The molecule has 1 fully saturated rings. The molecule has 0 radical (unpaired) electrons. The number of hydrogen-bond acceptors (Lipinski definition) is 2.